The third kappa shape index (κ3) is 4.25. The maximum atomic E-state index is 12.7. The van der Waals surface area contributed by atoms with Gasteiger partial charge < -0.3 is 5.32 Å². The zero-order valence-electron chi connectivity index (χ0n) is 15.2. The van der Waals surface area contributed by atoms with Crippen molar-refractivity contribution in [1.82, 2.24) is 14.5 Å². The molecule has 26 heavy (non-hydrogen) atoms. The van der Waals surface area contributed by atoms with E-state index in [0.717, 1.165) is 5.69 Å². The van der Waals surface area contributed by atoms with Crippen LogP contribution in [0.25, 0.3) is 0 Å². The van der Waals surface area contributed by atoms with Gasteiger partial charge in [0.15, 0.2) is 5.82 Å². The molecule has 0 atom stereocenters. The van der Waals surface area contributed by atoms with Crippen LogP contribution < -0.4 is 5.32 Å². The summed E-state index contributed by atoms with van der Waals surface area (Å²) in [5.74, 6) is 0.0689. The van der Waals surface area contributed by atoms with Crippen LogP contribution in [0.3, 0.4) is 0 Å². The second kappa shape index (κ2) is 8.20. The molecular weight excluding hydrogens is 376 g/mol. The molecule has 7 nitrogen and oxygen atoms in total. The van der Waals surface area contributed by atoms with E-state index in [1.165, 1.54) is 22.5 Å². The third-order valence-corrected chi connectivity index (χ3v) is 6.36. The van der Waals surface area contributed by atoms with Crippen LogP contribution in [-0.4, -0.2) is 41.9 Å². The van der Waals surface area contributed by atoms with Crippen molar-refractivity contribution in [3.63, 3.8) is 0 Å². The SMILES string of the molecule is CCN(CC)S(=O)(=O)c1ccc(Cl)c(C(=O)Nc2cc(C(C)C)[nH]n2)c1. The van der Waals surface area contributed by atoms with E-state index in [0.29, 0.717) is 18.9 Å². The van der Waals surface area contributed by atoms with Gasteiger partial charge in [-0.05, 0) is 24.1 Å². The molecular formula is C17H23ClN4O3S. The fourth-order valence-electron chi connectivity index (χ4n) is 2.43. The number of amides is 1. The van der Waals surface area contributed by atoms with Gasteiger partial charge in [-0.15, -0.1) is 0 Å². The van der Waals surface area contributed by atoms with Gasteiger partial charge in [0.25, 0.3) is 5.91 Å². The van der Waals surface area contributed by atoms with Gasteiger partial charge >= 0.3 is 0 Å². The predicted octanol–water partition coefficient (Wildman–Crippen LogP) is 3.47. The largest absolute Gasteiger partial charge is 0.305 e. The zero-order valence-corrected chi connectivity index (χ0v) is 16.8. The summed E-state index contributed by atoms with van der Waals surface area (Å²) < 4.78 is 26.6. The number of anilines is 1. The zero-order chi connectivity index (χ0) is 19.5. The quantitative estimate of drug-likeness (QED) is 0.746. The van der Waals surface area contributed by atoms with Gasteiger partial charge in [0.1, 0.15) is 0 Å². The Hall–Kier alpha value is -1.90. The number of halogens is 1. The Bertz CT molecular complexity index is 889. The maximum Gasteiger partial charge on any atom is 0.258 e. The van der Waals surface area contributed by atoms with E-state index in [2.05, 4.69) is 15.5 Å². The molecule has 0 radical (unpaired) electrons. The van der Waals surface area contributed by atoms with Crippen LogP contribution in [-0.2, 0) is 10.0 Å². The van der Waals surface area contributed by atoms with Crippen molar-refractivity contribution in [3.05, 3.63) is 40.5 Å². The number of sulfonamides is 1. The van der Waals surface area contributed by atoms with Crippen molar-refractivity contribution in [2.75, 3.05) is 18.4 Å². The Kier molecular flexibility index (Phi) is 6.44. The molecule has 2 aromatic rings. The number of carbonyl (C=O) groups is 1. The summed E-state index contributed by atoms with van der Waals surface area (Å²) in [6.45, 7) is 8.19. The first-order valence-electron chi connectivity index (χ1n) is 8.37. The summed E-state index contributed by atoms with van der Waals surface area (Å²) in [4.78, 5) is 12.6. The predicted molar refractivity (Wildman–Crippen MR) is 102 cm³/mol. The summed E-state index contributed by atoms with van der Waals surface area (Å²) >= 11 is 6.11. The van der Waals surface area contributed by atoms with Gasteiger partial charge in [0.2, 0.25) is 10.0 Å². The van der Waals surface area contributed by atoms with E-state index >= 15 is 0 Å². The molecule has 0 fully saturated rings. The monoisotopic (exact) mass is 398 g/mol. The van der Waals surface area contributed by atoms with Crippen LogP contribution in [0.4, 0.5) is 5.82 Å². The summed E-state index contributed by atoms with van der Waals surface area (Å²) in [6.07, 6.45) is 0. The number of H-pyrrole nitrogens is 1. The number of aromatic amines is 1. The van der Waals surface area contributed by atoms with E-state index in [4.69, 9.17) is 11.6 Å². The van der Waals surface area contributed by atoms with Crippen molar-refractivity contribution in [1.29, 1.82) is 0 Å². The molecule has 1 aromatic carbocycles. The molecule has 0 aliphatic carbocycles. The maximum absolute atomic E-state index is 12.7. The molecule has 2 rings (SSSR count). The number of carbonyl (C=O) groups excluding carboxylic acids is 1. The molecule has 0 saturated heterocycles. The Labute approximate surface area is 158 Å². The number of nitrogens with zero attached hydrogens (tertiary/aromatic N) is 2. The second-order valence-corrected chi connectivity index (χ2v) is 8.39. The number of benzene rings is 1. The highest BCUT2D eigenvalue weighted by Gasteiger charge is 2.24. The van der Waals surface area contributed by atoms with Crippen LogP contribution in [0.15, 0.2) is 29.2 Å². The average Bonchev–Trinajstić information content (AvgIpc) is 3.04. The minimum atomic E-state index is -3.68. The molecule has 0 bridgehead atoms. The van der Waals surface area contributed by atoms with Crippen molar-refractivity contribution in [3.8, 4) is 0 Å². The number of aromatic nitrogens is 2. The fraction of sp³-hybridized carbons (Fsp3) is 0.412. The second-order valence-electron chi connectivity index (χ2n) is 6.05. The van der Waals surface area contributed by atoms with Gasteiger partial charge in [0, 0.05) is 24.8 Å². The summed E-state index contributed by atoms with van der Waals surface area (Å²) in [5, 5.41) is 9.68. The van der Waals surface area contributed by atoms with Crippen molar-refractivity contribution >= 4 is 33.3 Å². The Morgan fingerprint density at radius 2 is 1.92 bits per heavy atom. The molecule has 142 valence electrons. The first kappa shape index (κ1) is 20.4. The highest BCUT2D eigenvalue weighted by Crippen LogP contribution is 2.24. The number of hydrogen-bond acceptors (Lipinski definition) is 4. The van der Waals surface area contributed by atoms with Crippen molar-refractivity contribution < 1.29 is 13.2 Å². The molecule has 9 heteroatoms. The number of nitrogens with one attached hydrogen (secondary N) is 2. The molecule has 0 spiro atoms. The molecule has 1 heterocycles. The van der Waals surface area contributed by atoms with Crippen LogP contribution in [0, 0.1) is 0 Å². The van der Waals surface area contributed by atoms with Crippen LogP contribution in [0.5, 0.6) is 0 Å². The molecule has 1 aromatic heterocycles. The van der Waals surface area contributed by atoms with E-state index in [9.17, 15) is 13.2 Å². The summed E-state index contributed by atoms with van der Waals surface area (Å²) in [6, 6.07) is 5.84. The summed E-state index contributed by atoms with van der Waals surface area (Å²) in [7, 11) is -3.68. The van der Waals surface area contributed by atoms with Gasteiger partial charge in [-0.3, -0.25) is 9.89 Å². The molecule has 0 aliphatic heterocycles. The van der Waals surface area contributed by atoms with Crippen molar-refractivity contribution in [2.45, 2.75) is 38.5 Å². The lowest BCUT2D eigenvalue weighted by Crippen LogP contribution is -2.30. The molecule has 0 saturated carbocycles. The number of rotatable bonds is 7. The highest BCUT2D eigenvalue weighted by molar-refractivity contribution is 7.89. The lowest BCUT2D eigenvalue weighted by molar-refractivity contribution is 0.102. The average molecular weight is 399 g/mol. The van der Waals surface area contributed by atoms with E-state index < -0.39 is 15.9 Å². The molecule has 2 N–H and O–H groups in total. The minimum Gasteiger partial charge on any atom is -0.305 e. The Balaban J connectivity index is 2.32. The Morgan fingerprint density at radius 1 is 1.27 bits per heavy atom. The van der Waals surface area contributed by atoms with Gasteiger partial charge in [0.05, 0.1) is 15.5 Å². The van der Waals surface area contributed by atoms with Crippen molar-refractivity contribution in [2.24, 2.45) is 0 Å². The van der Waals surface area contributed by atoms with E-state index in [1.54, 1.807) is 19.9 Å². The van der Waals surface area contributed by atoms with Crippen LogP contribution in [0.2, 0.25) is 5.02 Å². The fourth-order valence-corrected chi connectivity index (χ4v) is 4.12. The number of hydrogen-bond donors (Lipinski definition) is 2. The van der Waals surface area contributed by atoms with Gasteiger partial charge in [-0.1, -0.05) is 39.3 Å². The van der Waals surface area contributed by atoms with Gasteiger partial charge in [-0.2, -0.15) is 9.40 Å². The van der Waals surface area contributed by atoms with Gasteiger partial charge in [-0.25, -0.2) is 8.42 Å². The minimum absolute atomic E-state index is 0.0284. The Morgan fingerprint density at radius 3 is 2.46 bits per heavy atom. The molecule has 0 aliphatic rings. The van der Waals surface area contributed by atoms with E-state index in [1.807, 2.05) is 13.8 Å². The van der Waals surface area contributed by atoms with Crippen LogP contribution in [0.1, 0.15) is 49.7 Å². The lowest BCUT2D eigenvalue weighted by atomic mass is 10.1. The smallest absolute Gasteiger partial charge is 0.258 e. The first-order valence-corrected chi connectivity index (χ1v) is 10.2. The summed E-state index contributed by atoms with van der Waals surface area (Å²) in [5.41, 5.74) is 0.957. The molecule has 1 amide bonds. The first-order chi connectivity index (χ1) is 12.2. The van der Waals surface area contributed by atoms with Crippen LogP contribution >= 0.6 is 11.6 Å². The normalized spacial score (nSPS) is 12.0. The lowest BCUT2D eigenvalue weighted by Gasteiger charge is -2.19. The van der Waals surface area contributed by atoms with E-state index in [-0.39, 0.29) is 21.4 Å². The third-order valence-electron chi connectivity index (χ3n) is 3.99. The highest BCUT2D eigenvalue weighted by atomic mass is 35.5. The molecule has 0 unspecified atom stereocenters. The standard InChI is InChI=1S/C17H23ClN4O3S/c1-5-22(6-2)26(24,25)12-7-8-14(18)13(9-12)17(23)19-16-10-15(11(3)4)20-21-16/h7-11H,5-6H2,1-4H3,(H2,19,20,21,23). The topological polar surface area (TPSA) is 95.2 Å².